The van der Waals surface area contributed by atoms with Crippen LogP contribution in [0.15, 0.2) is 47.3 Å². The highest BCUT2D eigenvalue weighted by Crippen LogP contribution is 2.39. The zero-order valence-electron chi connectivity index (χ0n) is 13.9. The van der Waals surface area contributed by atoms with Crippen molar-refractivity contribution in [1.82, 2.24) is 4.98 Å². The van der Waals surface area contributed by atoms with Crippen LogP contribution in [-0.2, 0) is 27.4 Å². The van der Waals surface area contributed by atoms with Crippen LogP contribution in [0, 0.1) is 0 Å². The molecule has 0 aliphatic heterocycles. The van der Waals surface area contributed by atoms with E-state index in [9.17, 15) is 13.2 Å². The molecule has 1 aliphatic carbocycles. The fourth-order valence-corrected chi connectivity index (χ4v) is 3.99. The van der Waals surface area contributed by atoms with E-state index in [1.807, 2.05) is 42.5 Å². The number of rotatable bonds is 5. The monoisotopic (exact) mass is 371 g/mol. The van der Waals surface area contributed by atoms with Crippen molar-refractivity contribution in [3.05, 3.63) is 69.5 Å². The number of aryl methyl sites for hydroxylation is 1. The number of hydrogen-bond acceptors (Lipinski definition) is 4. The Morgan fingerprint density at radius 1 is 1.04 bits per heavy atom. The molecule has 1 aromatic heterocycles. The van der Waals surface area contributed by atoms with Crippen LogP contribution in [0.5, 0.6) is 0 Å². The second-order valence-electron chi connectivity index (χ2n) is 6.33. The molecule has 2 N–H and O–H groups in total. The molecular formula is C19H17NO5S. The molecule has 0 spiro atoms. The molecule has 0 radical (unpaired) electrons. The quantitative estimate of drug-likeness (QED) is 0.415. The molecule has 0 saturated carbocycles. The van der Waals surface area contributed by atoms with Crippen LogP contribution in [0.4, 0.5) is 0 Å². The minimum absolute atomic E-state index is 0.0742. The number of benzene rings is 2. The lowest BCUT2D eigenvalue weighted by Gasteiger charge is -2.08. The predicted molar refractivity (Wildman–Crippen MR) is 98.6 cm³/mol. The van der Waals surface area contributed by atoms with Crippen LogP contribution >= 0.6 is 0 Å². The van der Waals surface area contributed by atoms with Crippen molar-refractivity contribution in [2.75, 3.05) is 6.61 Å². The Balaban J connectivity index is 1.68. The minimum atomic E-state index is -4.40. The Bertz CT molecular complexity index is 1160. The van der Waals surface area contributed by atoms with Gasteiger partial charge in [0.1, 0.15) is 0 Å². The van der Waals surface area contributed by atoms with Crippen LogP contribution in [0.3, 0.4) is 0 Å². The fraction of sp³-hybridized carbons (Fsp3) is 0.211. The second-order valence-corrected chi connectivity index (χ2v) is 7.42. The Hall–Kier alpha value is -2.48. The van der Waals surface area contributed by atoms with Gasteiger partial charge >= 0.3 is 10.4 Å². The summed E-state index contributed by atoms with van der Waals surface area (Å²) in [5, 5.41) is 1.64. The molecule has 26 heavy (non-hydrogen) atoms. The third kappa shape index (κ3) is 3.05. The Morgan fingerprint density at radius 2 is 1.81 bits per heavy atom. The zero-order valence-corrected chi connectivity index (χ0v) is 14.7. The van der Waals surface area contributed by atoms with E-state index in [4.69, 9.17) is 4.55 Å². The third-order valence-electron chi connectivity index (χ3n) is 4.76. The van der Waals surface area contributed by atoms with Gasteiger partial charge < -0.3 is 4.98 Å². The van der Waals surface area contributed by atoms with Crippen molar-refractivity contribution in [3.63, 3.8) is 0 Å². The summed E-state index contributed by atoms with van der Waals surface area (Å²) < 4.78 is 34.3. The summed E-state index contributed by atoms with van der Waals surface area (Å²) in [5.41, 5.74) is 5.11. The molecule has 4 rings (SSSR count). The van der Waals surface area contributed by atoms with Crippen molar-refractivity contribution in [1.29, 1.82) is 0 Å². The standard InChI is InChI=1S/C19H17NO5S/c21-19-15-8-2-1-7-13(15)17-11-16-12(6-4-10-25-26(22,23)24)5-3-9-14(16)18(17)20-19/h1-3,5,7-9H,4,6,10-11H2,(H,20,21)(H,22,23,24). The molecule has 0 amide bonds. The average Bonchev–Trinajstić information content (AvgIpc) is 2.98. The van der Waals surface area contributed by atoms with Gasteiger partial charge in [0.2, 0.25) is 0 Å². The normalized spacial score (nSPS) is 13.0. The van der Waals surface area contributed by atoms with E-state index in [2.05, 4.69) is 9.17 Å². The van der Waals surface area contributed by atoms with Crippen molar-refractivity contribution < 1.29 is 17.2 Å². The van der Waals surface area contributed by atoms with Gasteiger partial charge in [0, 0.05) is 17.4 Å². The van der Waals surface area contributed by atoms with E-state index >= 15 is 0 Å². The van der Waals surface area contributed by atoms with Crippen LogP contribution in [-0.4, -0.2) is 24.6 Å². The van der Waals surface area contributed by atoms with E-state index in [-0.39, 0.29) is 12.2 Å². The van der Waals surface area contributed by atoms with E-state index in [1.54, 1.807) is 0 Å². The number of pyridine rings is 1. The molecule has 3 aromatic rings. The smallest absolute Gasteiger partial charge is 0.321 e. The number of aromatic nitrogens is 1. The summed E-state index contributed by atoms with van der Waals surface area (Å²) in [6, 6.07) is 13.5. The predicted octanol–water partition coefficient (Wildman–Crippen LogP) is 2.85. The maximum atomic E-state index is 12.4. The first-order chi connectivity index (χ1) is 12.4. The van der Waals surface area contributed by atoms with Crippen LogP contribution < -0.4 is 5.56 Å². The van der Waals surface area contributed by atoms with Gasteiger partial charge in [-0.1, -0.05) is 36.4 Å². The van der Waals surface area contributed by atoms with E-state index in [0.717, 1.165) is 39.8 Å². The largest absolute Gasteiger partial charge is 0.397 e. The molecule has 0 bridgehead atoms. The number of nitrogens with one attached hydrogen (secondary N) is 1. The number of hydrogen-bond donors (Lipinski definition) is 2. The Kier molecular flexibility index (Phi) is 4.14. The van der Waals surface area contributed by atoms with Crippen LogP contribution in [0.25, 0.3) is 22.0 Å². The van der Waals surface area contributed by atoms with Gasteiger partial charge in [-0.15, -0.1) is 0 Å². The second kappa shape index (κ2) is 6.35. The van der Waals surface area contributed by atoms with E-state index < -0.39 is 10.4 Å². The van der Waals surface area contributed by atoms with E-state index in [0.29, 0.717) is 18.2 Å². The van der Waals surface area contributed by atoms with Gasteiger partial charge in [-0.3, -0.25) is 9.35 Å². The summed E-state index contributed by atoms with van der Waals surface area (Å²) in [4.78, 5) is 15.4. The van der Waals surface area contributed by atoms with Crippen molar-refractivity contribution >= 4 is 21.2 Å². The summed E-state index contributed by atoms with van der Waals surface area (Å²) >= 11 is 0. The zero-order chi connectivity index (χ0) is 18.3. The van der Waals surface area contributed by atoms with Crippen LogP contribution in [0.1, 0.15) is 23.1 Å². The average molecular weight is 371 g/mol. The lowest BCUT2D eigenvalue weighted by atomic mass is 9.98. The minimum Gasteiger partial charge on any atom is -0.321 e. The van der Waals surface area contributed by atoms with E-state index in [1.165, 1.54) is 0 Å². The molecule has 7 heteroatoms. The highest BCUT2D eigenvalue weighted by molar-refractivity contribution is 7.80. The number of H-pyrrole nitrogens is 1. The van der Waals surface area contributed by atoms with Crippen molar-refractivity contribution in [3.8, 4) is 11.3 Å². The molecule has 0 atom stereocenters. The summed E-state index contributed by atoms with van der Waals surface area (Å²) in [6.45, 7) is -0.0742. The highest BCUT2D eigenvalue weighted by atomic mass is 32.3. The molecule has 1 heterocycles. The summed E-state index contributed by atoms with van der Waals surface area (Å²) in [7, 11) is -4.40. The fourth-order valence-electron chi connectivity index (χ4n) is 3.66. The summed E-state index contributed by atoms with van der Waals surface area (Å²) in [6.07, 6.45) is 1.80. The van der Waals surface area contributed by atoms with Gasteiger partial charge in [0.15, 0.2) is 0 Å². The first kappa shape index (κ1) is 17.0. The molecule has 0 unspecified atom stereocenters. The lowest BCUT2D eigenvalue weighted by molar-refractivity contribution is 0.265. The van der Waals surface area contributed by atoms with Gasteiger partial charge in [0.05, 0.1) is 12.3 Å². The van der Waals surface area contributed by atoms with Crippen molar-refractivity contribution in [2.24, 2.45) is 0 Å². The van der Waals surface area contributed by atoms with Gasteiger partial charge in [-0.2, -0.15) is 8.42 Å². The van der Waals surface area contributed by atoms with Gasteiger partial charge in [-0.05, 0) is 41.0 Å². The Morgan fingerprint density at radius 3 is 2.58 bits per heavy atom. The highest BCUT2D eigenvalue weighted by Gasteiger charge is 2.24. The first-order valence-corrected chi connectivity index (χ1v) is 9.67. The van der Waals surface area contributed by atoms with Gasteiger partial charge in [0.25, 0.3) is 5.56 Å². The first-order valence-electron chi connectivity index (χ1n) is 8.31. The topological polar surface area (TPSA) is 96.5 Å². The molecule has 2 aromatic carbocycles. The number of fused-ring (bicyclic) bond motifs is 5. The molecule has 134 valence electrons. The van der Waals surface area contributed by atoms with Crippen LogP contribution in [0.2, 0.25) is 0 Å². The molecule has 6 nitrogen and oxygen atoms in total. The SMILES string of the molecule is O=c1[nH]c2c(c3ccccc13)Cc1c(CCCOS(=O)(=O)O)cccc1-2. The van der Waals surface area contributed by atoms with Gasteiger partial charge in [-0.25, -0.2) is 4.18 Å². The number of aromatic amines is 1. The lowest BCUT2D eigenvalue weighted by Crippen LogP contribution is -2.08. The summed E-state index contributed by atoms with van der Waals surface area (Å²) in [5.74, 6) is 0. The molecule has 1 aliphatic rings. The molecule has 0 saturated heterocycles. The molecular weight excluding hydrogens is 354 g/mol. The maximum Gasteiger partial charge on any atom is 0.397 e. The van der Waals surface area contributed by atoms with Crippen molar-refractivity contribution in [2.45, 2.75) is 19.3 Å². The third-order valence-corrected chi connectivity index (χ3v) is 5.22. The maximum absolute atomic E-state index is 12.4. The Labute approximate surface area is 150 Å². The molecule has 0 fully saturated rings.